The van der Waals surface area contributed by atoms with Crippen LogP contribution in [0.25, 0.3) is 0 Å². The summed E-state index contributed by atoms with van der Waals surface area (Å²) < 4.78 is 0. The molecule has 0 aromatic heterocycles. The number of isocyanates is 2. The molecule has 0 spiro atoms. The van der Waals surface area contributed by atoms with E-state index in [1.807, 2.05) is 0 Å². The minimum atomic E-state index is 0.556. The normalized spacial score (nSPS) is 9.77. The molecule has 0 aliphatic heterocycles. The number of carbonyl (C=O) groups excluding carboxylic acids is 2. The fourth-order valence-corrected chi connectivity index (χ4v) is 3.29. The molecule has 1 rings (SSSR count). The zero-order valence-corrected chi connectivity index (χ0v) is 19.1. The Labute approximate surface area is 184 Å². The standard InChI is InChI=1S/C18H30.C8H12N2O2/c1-2-3-4-5-6-7-8-9-10-12-15-18-16-13-11-14-17-18;11-7-9-5-3-1-2-4-6-10-8-12/h11,13-14,16-17H,2-10,12,15H2,1H3;1-6H2. The van der Waals surface area contributed by atoms with Crippen LogP contribution in [0.1, 0.15) is 102 Å². The van der Waals surface area contributed by atoms with Gasteiger partial charge in [0.05, 0.1) is 13.1 Å². The van der Waals surface area contributed by atoms with Gasteiger partial charge in [0, 0.05) is 0 Å². The highest BCUT2D eigenvalue weighted by Crippen LogP contribution is 2.12. The van der Waals surface area contributed by atoms with E-state index < -0.39 is 0 Å². The lowest BCUT2D eigenvalue weighted by Crippen LogP contribution is -1.86. The number of aryl methyl sites for hydroxylation is 1. The van der Waals surface area contributed by atoms with Crippen LogP contribution in [0.4, 0.5) is 0 Å². The molecule has 1 aromatic carbocycles. The molecule has 4 nitrogen and oxygen atoms in total. The van der Waals surface area contributed by atoms with Crippen molar-refractivity contribution in [3.8, 4) is 0 Å². The van der Waals surface area contributed by atoms with E-state index in [2.05, 4.69) is 47.2 Å². The van der Waals surface area contributed by atoms with Crippen molar-refractivity contribution in [1.82, 2.24) is 0 Å². The first-order valence-corrected chi connectivity index (χ1v) is 12.0. The topological polar surface area (TPSA) is 58.9 Å². The van der Waals surface area contributed by atoms with E-state index in [1.54, 1.807) is 0 Å². The van der Waals surface area contributed by atoms with Crippen LogP contribution in [0.5, 0.6) is 0 Å². The van der Waals surface area contributed by atoms with Gasteiger partial charge in [-0.05, 0) is 31.2 Å². The summed E-state index contributed by atoms with van der Waals surface area (Å²) in [6, 6.07) is 10.9. The maximum Gasteiger partial charge on any atom is 0.234 e. The lowest BCUT2D eigenvalue weighted by atomic mass is 10.0. The Bertz CT molecular complexity index is 540. The molecule has 0 fully saturated rings. The van der Waals surface area contributed by atoms with Gasteiger partial charge in [-0.15, -0.1) is 0 Å². The van der Waals surface area contributed by atoms with Crippen LogP contribution < -0.4 is 0 Å². The molecule has 0 heterocycles. The van der Waals surface area contributed by atoms with Gasteiger partial charge in [0.1, 0.15) is 0 Å². The second kappa shape index (κ2) is 25.0. The first kappa shape index (κ1) is 28.0. The zero-order valence-electron chi connectivity index (χ0n) is 19.1. The monoisotopic (exact) mass is 414 g/mol. The van der Waals surface area contributed by atoms with Gasteiger partial charge in [0.2, 0.25) is 12.2 Å². The Morgan fingerprint density at radius 3 is 1.50 bits per heavy atom. The molecule has 0 radical (unpaired) electrons. The van der Waals surface area contributed by atoms with E-state index >= 15 is 0 Å². The van der Waals surface area contributed by atoms with Crippen molar-refractivity contribution >= 4 is 12.2 Å². The zero-order chi connectivity index (χ0) is 22.0. The number of nitrogens with zero attached hydrogens (tertiary/aromatic N) is 2. The smallest absolute Gasteiger partial charge is 0.211 e. The van der Waals surface area contributed by atoms with E-state index in [4.69, 9.17) is 0 Å². The van der Waals surface area contributed by atoms with Gasteiger partial charge in [-0.1, -0.05) is 108 Å². The van der Waals surface area contributed by atoms with Gasteiger partial charge < -0.3 is 0 Å². The minimum Gasteiger partial charge on any atom is -0.211 e. The second-order valence-electron chi connectivity index (χ2n) is 7.78. The van der Waals surface area contributed by atoms with Crippen molar-refractivity contribution < 1.29 is 9.59 Å². The van der Waals surface area contributed by atoms with Crippen LogP contribution in [0.2, 0.25) is 0 Å². The van der Waals surface area contributed by atoms with Crippen molar-refractivity contribution in [3.63, 3.8) is 0 Å². The molecule has 168 valence electrons. The molecule has 0 amide bonds. The highest BCUT2D eigenvalue weighted by atomic mass is 16.1. The summed E-state index contributed by atoms with van der Waals surface area (Å²) in [5, 5.41) is 0. The Kier molecular flexibility index (Phi) is 23.3. The third kappa shape index (κ3) is 22.3. The summed E-state index contributed by atoms with van der Waals surface area (Å²) in [4.78, 5) is 26.1. The number of unbranched alkanes of at least 4 members (excludes halogenated alkanes) is 12. The maximum atomic E-state index is 9.63. The fourth-order valence-electron chi connectivity index (χ4n) is 3.29. The third-order valence-corrected chi connectivity index (χ3v) is 5.08. The van der Waals surface area contributed by atoms with E-state index in [0.29, 0.717) is 13.1 Å². The van der Waals surface area contributed by atoms with Crippen LogP contribution in [-0.2, 0) is 16.0 Å². The van der Waals surface area contributed by atoms with Gasteiger partial charge in [-0.2, -0.15) is 0 Å². The predicted octanol–water partition coefficient (Wildman–Crippen LogP) is 7.37. The average molecular weight is 415 g/mol. The first-order valence-electron chi connectivity index (χ1n) is 12.0. The molecule has 0 N–H and O–H groups in total. The summed E-state index contributed by atoms with van der Waals surface area (Å²) in [6.07, 6.45) is 22.3. The van der Waals surface area contributed by atoms with Crippen LogP contribution in [0.3, 0.4) is 0 Å². The number of hydrogen-bond donors (Lipinski definition) is 0. The predicted molar refractivity (Wildman–Crippen MR) is 126 cm³/mol. The SMILES string of the molecule is CCCCCCCCCCCCc1ccccc1.O=C=NCCCCCCN=C=O. The minimum absolute atomic E-state index is 0.556. The van der Waals surface area contributed by atoms with Crippen molar-refractivity contribution in [1.29, 1.82) is 0 Å². The van der Waals surface area contributed by atoms with Gasteiger partial charge >= 0.3 is 0 Å². The quantitative estimate of drug-likeness (QED) is 0.143. The van der Waals surface area contributed by atoms with Crippen LogP contribution >= 0.6 is 0 Å². The van der Waals surface area contributed by atoms with Crippen LogP contribution in [0, 0.1) is 0 Å². The molecule has 4 heteroatoms. The molecule has 0 unspecified atom stereocenters. The molecule has 0 saturated carbocycles. The molecule has 0 atom stereocenters. The largest absolute Gasteiger partial charge is 0.234 e. The highest BCUT2D eigenvalue weighted by molar-refractivity contribution is 5.32. The number of rotatable bonds is 18. The van der Waals surface area contributed by atoms with Gasteiger partial charge in [0.25, 0.3) is 0 Å². The maximum absolute atomic E-state index is 9.63. The Morgan fingerprint density at radius 1 is 0.600 bits per heavy atom. The fraction of sp³-hybridized carbons (Fsp3) is 0.692. The average Bonchev–Trinajstić information content (AvgIpc) is 2.78. The molecule has 30 heavy (non-hydrogen) atoms. The molecule has 1 aromatic rings. The van der Waals surface area contributed by atoms with E-state index in [9.17, 15) is 9.59 Å². The Morgan fingerprint density at radius 2 is 1.03 bits per heavy atom. The molecule has 0 bridgehead atoms. The molecule has 0 aliphatic rings. The second-order valence-corrected chi connectivity index (χ2v) is 7.78. The molecular weight excluding hydrogens is 372 g/mol. The lowest BCUT2D eigenvalue weighted by molar-refractivity contribution is 0.556. The summed E-state index contributed by atoms with van der Waals surface area (Å²) in [5.74, 6) is 0. The molecule has 0 saturated heterocycles. The van der Waals surface area contributed by atoms with E-state index in [0.717, 1.165) is 25.7 Å². The Balaban J connectivity index is 0.000000612. The Hall–Kier alpha value is -2.02. The number of hydrogen-bond acceptors (Lipinski definition) is 4. The summed E-state index contributed by atoms with van der Waals surface area (Å²) in [7, 11) is 0. The highest BCUT2D eigenvalue weighted by Gasteiger charge is 1.94. The summed E-state index contributed by atoms with van der Waals surface area (Å²) in [5.41, 5.74) is 1.50. The van der Waals surface area contributed by atoms with E-state index in [1.165, 1.54) is 88.4 Å². The number of benzene rings is 1. The summed E-state index contributed by atoms with van der Waals surface area (Å²) in [6.45, 7) is 3.40. The van der Waals surface area contributed by atoms with Crippen molar-refractivity contribution in [2.24, 2.45) is 9.98 Å². The first-order chi connectivity index (χ1) is 14.8. The van der Waals surface area contributed by atoms with Crippen molar-refractivity contribution in [2.45, 2.75) is 103 Å². The lowest BCUT2D eigenvalue weighted by Gasteiger charge is -2.03. The van der Waals surface area contributed by atoms with Crippen molar-refractivity contribution in [3.05, 3.63) is 35.9 Å². The van der Waals surface area contributed by atoms with E-state index in [-0.39, 0.29) is 0 Å². The number of aliphatic imine (C=N–C) groups is 2. The molecule has 0 aliphatic carbocycles. The summed E-state index contributed by atoms with van der Waals surface area (Å²) >= 11 is 0. The van der Waals surface area contributed by atoms with Gasteiger partial charge in [-0.25, -0.2) is 19.6 Å². The van der Waals surface area contributed by atoms with Crippen molar-refractivity contribution in [2.75, 3.05) is 13.1 Å². The van der Waals surface area contributed by atoms with Crippen LogP contribution in [-0.4, -0.2) is 25.2 Å². The third-order valence-electron chi connectivity index (χ3n) is 5.08. The van der Waals surface area contributed by atoms with Gasteiger partial charge in [0.15, 0.2) is 0 Å². The molecular formula is C26H42N2O2. The van der Waals surface area contributed by atoms with Gasteiger partial charge in [-0.3, -0.25) is 0 Å². The van der Waals surface area contributed by atoms with Crippen LogP contribution in [0.15, 0.2) is 40.3 Å².